The Morgan fingerprint density at radius 2 is 1.55 bits per heavy atom. The molecule has 2 aromatic carbocycles. The lowest BCUT2D eigenvalue weighted by Crippen LogP contribution is -2.19. The first-order valence-electron chi connectivity index (χ1n) is 6.70. The van der Waals surface area contributed by atoms with E-state index in [1.54, 1.807) is 19.2 Å². The number of hydrogen-bond acceptors (Lipinski definition) is 2. The van der Waals surface area contributed by atoms with E-state index in [0.29, 0.717) is 6.42 Å². The topological polar surface area (TPSA) is 49.3 Å². The minimum atomic E-state index is 0.0557. The van der Waals surface area contributed by atoms with Crippen LogP contribution in [-0.4, -0.2) is 18.1 Å². The van der Waals surface area contributed by atoms with E-state index in [-0.39, 0.29) is 17.6 Å². The number of benzene rings is 2. The molecule has 0 spiro atoms. The highest BCUT2D eigenvalue weighted by Gasteiger charge is 2.10. The lowest BCUT2D eigenvalue weighted by molar-refractivity contribution is -0.120. The smallest absolute Gasteiger partial charge is 0.220 e. The molecule has 2 aromatic rings. The number of carbonyl (C=O) groups excluding carboxylic acids is 1. The van der Waals surface area contributed by atoms with Crippen molar-refractivity contribution in [1.29, 1.82) is 0 Å². The minimum Gasteiger partial charge on any atom is -0.508 e. The van der Waals surface area contributed by atoms with Gasteiger partial charge in [0.05, 0.1) is 0 Å². The number of nitrogens with one attached hydrogen (secondary N) is 1. The van der Waals surface area contributed by atoms with E-state index < -0.39 is 0 Å². The van der Waals surface area contributed by atoms with Gasteiger partial charge in [0.15, 0.2) is 0 Å². The van der Waals surface area contributed by atoms with Gasteiger partial charge in [0.2, 0.25) is 5.91 Å². The van der Waals surface area contributed by atoms with Gasteiger partial charge in [0, 0.05) is 13.5 Å². The SMILES string of the molecule is CNC(=O)CC(C)c1ccc(-c2ccc(O)cc2)cc1. The Balaban J connectivity index is 2.13. The number of amides is 1. The second-order valence-corrected chi connectivity index (χ2v) is 4.95. The van der Waals surface area contributed by atoms with Crippen LogP contribution in [-0.2, 0) is 4.79 Å². The maximum atomic E-state index is 11.4. The van der Waals surface area contributed by atoms with Crippen LogP contribution < -0.4 is 5.32 Å². The van der Waals surface area contributed by atoms with Crippen LogP contribution in [0.25, 0.3) is 11.1 Å². The molecule has 3 nitrogen and oxygen atoms in total. The first kappa shape index (κ1) is 14.1. The van der Waals surface area contributed by atoms with Crippen molar-refractivity contribution >= 4 is 5.91 Å². The highest BCUT2D eigenvalue weighted by atomic mass is 16.3. The Hall–Kier alpha value is -2.29. The summed E-state index contributed by atoms with van der Waals surface area (Å²) in [6.07, 6.45) is 0.495. The molecule has 0 aliphatic carbocycles. The van der Waals surface area contributed by atoms with Crippen LogP contribution in [0.5, 0.6) is 5.75 Å². The largest absolute Gasteiger partial charge is 0.508 e. The Morgan fingerprint density at radius 1 is 1.05 bits per heavy atom. The summed E-state index contributed by atoms with van der Waals surface area (Å²) in [4.78, 5) is 11.4. The van der Waals surface area contributed by atoms with Gasteiger partial charge in [-0.05, 0) is 34.7 Å². The molecule has 20 heavy (non-hydrogen) atoms. The zero-order chi connectivity index (χ0) is 14.5. The van der Waals surface area contributed by atoms with Crippen molar-refractivity contribution in [3.05, 3.63) is 54.1 Å². The molecule has 104 valence electrons. The van der Waals surface area contributed by atoms with Gasteiger partial charge in [-0.25, -0.2) is 0 Å². The molecule has 0 aliphatic heterocycles. The van der Waals surface area contributed by atoms with Crippen LogP contribution in [0.15, 0.2) is 48.5 Å². The van der Waals surface area contributed by atoms with Gasteiger partial charge in [-0.1, -0.05) is 43.3 Å². The summed E-state index contributed by atoms with van der Waals surface area (Å²) >= 11 is 0. The third-order valence-corrected chi connectivity index (χ3v) is 3.45. The molecule has 0 aliphatic rings. The van der Waals surface area contributed by atoms with E-state index in [1.807, 2.05) is 31.2 Å². The van der Waals surface area contributed by atoms with Crippen molar-refractivity contribution in [3.63, 3.8) is 0 Å². The second-order valence-electron chi connectivity index (χ2n) is 4.95. The molecule has 2 N–H and O–H groups in total. The van der Waals surface area contributed by atoms with Crippen molar-refractivity contribution in [1.82, 2.24) is 5.32 Å². The molecule has 0 aromatic heterocycles. The summed E-state index contributed by atoms with van der Waals surface area (Å²) < 4.78 is 0. The Kier molecular flexibility index (Phi) is 4.41. The molecule has 0 saturated carbocycles. The van der Waals surface area contributed by atoms with Crippen molar-refractivity contribution in [3.8, 4) is 16.9 Å². The Labute approximate surface area is 119 Å². The summed E-state index contributed by atoms with van der Waals surface area (Å²) in [7, 11) is 1.66. The van der Waals surface area contributed by atoms with Crippen molar-refractivity contribution in [2.75, 3.05) is 7.05 Å². The van der Waals surface area contributed by atoms with Crippen LogP contribution in [0, 0.1) is 0 Å². The number of phenols is 1. The molecule has 0 radical (unpaired) electrons. The van der Waals surface area contributed by atoms with E-state index in [9.17, 15) is 9.90 Å². The monoisotopic (exact) mass is 269 g/mol. The Morgan fingerprint density at radius 3 is 2.05 bits per heavy atom. The first-order valence-corrected chi connectivity index (χ1v) is 6.70. The standard InChI is InChI=1S/C17H19NO2/c1-12(11-17(20)18-2)13-3-5-14(6-4-13)15-7-9-16(19)10-8-15/h3-10,12,19H,11H2,1-2H3,(H,18,20). The van der Waals surface area contributed by atoms with E-state index in [2.05, 4.69) is 17.4 Å². The minimum absolute atomic E-state index is 0.0557. The second kappa shape index (κ2) is 6.24. The van der Waals surface area contributed by atoms with Crippen LogP contribution in [0.3, 0.4) is 0 Å². The number of carbonyl (C=O) groups is 1. The molecule has 3 heteroatoms. The van der Waals surface area contributed by atoms with Gasteiger partial charge >= 0.3 is 0 Å². The Bertz CT molecular complexity index is 573. The summed E-state index contributed by atoms with van der Waals surface area (Å²) in [5, 5.41) is 11.9. The average molecular weight is 269 g/mol. The van der Waals surface area contributed by atoms with E-state index >= 15 is 0 Å². The number of hydrogen-bond donors (Lipinski definition) is 2. The fourth-order valence-corrected chi connectivity index (χ4v) is 2.16. The van der Waals surface area contributed by atoms with Gasteiger partial charge < -0.3 is 10.4 Å². The number of phenolic OH excluding ortho intramolecular Hbond substituents is 1. The molecule has 1 unspecified atom stereocenters. The van der Waals surface area contributed by atoms with Crippen molar-refractivity contribution < 1.29 is 9.90 Å². The predicted molar refractivity (Wildman–Crippen MR) is 80.6 cm³/mol. The zero-order valence-corrected chi connectivity index (χ0v) is 11.8. The van der Waals surface area contributed by atoms with Gasteiger partial charge in [0.25, 0.3) is 0 Å². The summed E-state index contributed by atoms with van der Waals surface area (Å²) in [5.41, 5.74) is 3.31. The highest BCUT2D eigenvalue weighted by molar-refractivity contribution is 5.76. The van der Waals surface area contributed by atoms with Crippen molar-refractivity contribution in [2.45, 2.75) is 19.3 Å². The van der Waals surface area contributed by atoms with Gasteiger partial charge in [-0.3, -0.25) is 4.79 Å². The third kappa shape index (κ3) is 3.38. The van der Waals surface area contributed by atoms with Crippen molar-refractivity contribution in [2.24, 2.45) is 0 Å². The van der Waals surface area contributed by atoms with Gasteiger partial charge in [-0.2, -0.15) is 0 Å². The first-order chi connectivity index (χ1) is 9.60. The lowest BCUT2D eigenvalue weighted by atomic mass is 9.95. The molecule has 1 atom stereocenters. The molecule has 0 fully saturated rings. The summed E-state index contributed by atoms with van der Waals surface area (Å²) in [6.45, 7) is 2.05. The normalized spacial score (nSPS) is 11.9. The predicted octanol–water partition coefficient (Wildman–Crippen LogP) is 3.30. The van der Waals surface area contributed by atoms with Gasteiger partial charge in [0.1, 0.15) is 5.75 Å². The van der Waals surface area contributed by atoms with Crippen LogP contribution in [0.4, 0.5) is 0 Å². The molecule has 1 amide bonds. The summed E-state index contributed by atoms with van der Waals surface area (Å²) in [6, 6.07) is 15.3. The summed E-state index contributed by atoms with van der Waals surface area (Å²) in [5.74, 6) is 0.522. The lowest BCUT2D eigenvalue weighted by Gasteiger charge is -2.11. The van der Waals surface area contributed by atoms with Crippen LogP contribution in [0.2, 0.25) is 0 Å². The maximum Gasteiger partial charge on any atom is 0.220 e. The molecule has 0 heterocycles. The average Bonchev–Trinajstić information content (AvgIpc) is 2.48. The quantitative estimate of drug-likeness (QED) is 0.894. The molecule has 0 saturated heterocycles. The molecule has 2 rings (SSSR count). The van der Waals surface area contributed by atoms with E-state index in [0.717, 1.165) is 16.7 Å². The molecule has 0 bridgehead atoms. The van der Waals surface area contributed by atoms with Crippen LogP contribution in [0.1, 0.15) is 24.8 Å². The fraction of sp³-hybridized carbons (Fsp3) is 0.235. The maximum absolute atomic E-state index is 11.4. The van der Waals surface area contributed by atoms with E-state index in [1.165, 1.54) is 0 Å². The third-order valence-electron chi connectivity index (χ3n) is 3.45. The van der Waals surface area contributed by atoms with E-state index in [4.69, 9.17) is 0 Å². The number of aromatic hydroxyl groups is 1. The zero-order valence-electron chi connectivity index (χ0n) is 11.8. The van der Waals surface area contributed by atoms with Crippen LogP contribution >= 0.6 is 0 Å². The molecular weight excluding hydrogens is 250 g/mol. The van der Waals surface area contributed by atoms with Gasteiger partial charge in [-0.15, -0.1) is 0 Å². The highest BCUT2D eigenvalue weighted by Crippen LogP contribution is 2.25. The molecular formula is C17H19NO2. The fourth-order valence-electron chi connectivity index (χ4n) is 2.16. The number of rotatable bonds is 4.